The zero-order valence-corrected chi connectivity index (χ0v) is 19.2. The molecule has 1 heterocycles. The second-order valence-electron chi connectivity index (χ2n) is 8.53. The number of amides is 2. The molecule has 3 rings (SSSR count). The predicted molar refractivity (Wildman–Crippen MR) is 130 cm³/mol. The lowest BCUT2D eigenvalue weighted by molar-refractivity contribution is 0.262. The Hall–Kier alpha value is -4.41. The Kier molecular flexibility index (Phi) is 7.38. The summed E-state index contributed by atoms with van der Waals surface area (Å²) < 4.78 is 41.5. The van der Waals surface area contributed by atoms with Crippen molar-refractivity contribution in [2.45, 2.75) is 26.3 Å². The van der Waals surface area contributed by atoms with Crippen LogP contribution in [0.15, 0.2) is 54.9 Å². The molecule has 0 aliphatic carbocycles. The molecule has 35 heavy (non-hydrogen) atoms. The normalized spacial score (nSPS) is 11.7. The van der Waals surface area contributed by atoms with Gasteiger partial charge in [0.05, 0.1) is 22.8 Å². The van der Waals surface area contributed by atoms with E-state index in [0.29, 0.717) is 17.2 Å². The maximum Gasteiger partial charge on any atom is 0.323 e. The first kappa shape index (κ1) is 25.2. The molecule has 0 radical (unpaired) electrons. The van der Waals surface area contributed by atoms with Crippen molar-refractivity contribution in [3.63, 3.8) is 0 Å². The molecule has 2 aromatic carbocycles. The zero-order chi connectivity index (χ0) is 25.8. The molecule has 0 unspecified atom stereocenters. The number of halogens is 3. The van der Waals surface area contributed by atoms with Crippen molar-refractivity contribution < 1.29 is 18.0 Å². The van der Waals surface area contributed by atoms with Gasteiger partial charge in [0, 0.05) is 29.6 Å². The van der Waals surface area contributed by atoms with E-state index in [-0.39, 0.29) is 34.3 Å². The van der Waals surface area contributed by atoms with Crippen LogP contribution >= 0.6 is 0 Å². The number of nitrogens with one attached hydrogen (secondary N) is 4. The van der Waals surface area contributed by atoms with Gasteiger partial charge in [-0.2, -0.15) is 0 Å². The summed E-state index contributed by atoms with van der Waals surface area (Å²) >= 11 is 0. The highest BCUT2D eigenvalue weighted by molar-refractivity contribution is 6.29. The molecule has 0 aliphatic rings. The van der Waals surface area contributed by atoms with Gasteiger partial charge < -0.3 is 21.7 Å². The number of nitrogen functional groups attached to an aromatic ring is 1. The number of hydrogen-bond acceptors (Lipinski definition) is 6. The van der Waals surface area contributed by atoms with Crippen molar-refractivity contribution in [3.05, 3.63) is 83.6 Å². The number of carbonyl (C=O) groups is 1. The lowest BCUT2D eigenvalue weighted by atomic mass is 9.98. The van der Waals surface area contributed by atoms with Gasteiger partial charge in [0.25, 0.3) is 0 Å². The molecule has 182 valence electrons. The third-order valence-corrected chi connectivity index (χ3v) is 4.55. The van der Waals surface area contributed by atoms with E-state index in [1.165, 1.54) is 24.4 Å². The van der Waals surface area contributed by atoms with Crippen molar-refractivity contribution in [2.24, 2.45) is 0 Å². The van der Waals surface area contributed by atoms with Crippen molar-refractivity contribution in [2.75, 3.05) is 16.4 Å². The van der Waals surface area contributed by atoms with Crippen LogP contribution in [0.5, 0.6) is 0 Å². The van der Waals surface area contributed by atoms with E-state index in [1.54, 1.807) is 6.20 Å². The Balaban J connectivity index is 1.93. The van der Waals surface area contributed by atoms with Gasteiger partial charge in [-0.25, -0.2) is 27.9 Å². The largest absolute Gasteiger partial charge is 0.386 e. The van der Waals surface area contributed by atoms with Gasteiger partial charge in [0.2, 0.25) is 5.95 Å². The molecule has 0 bridgehead atoms. The molecule has 0 atom stereocenters. The second-order valence-corrected chi connectivity index (χ2v) is 8.53. The van der Waals surface area contributed by atoms with Crippen molar-refractivity contribution in [1.82, 2.24) is 15.3 Å². The Morgan fingerprint density at radius 1 is 1.00 bits per heavy atom. The van der Waals surface area contributed by atoms with Crippen LogP contribution in [0.1, 0.15) is 32.0 Å². The van der Waals surface area contributed by atoms with E-state index >= 15 is 0 Å². The molecule has 1 aromatic heterocycles. The number of aromatic nitrogens is 2. The van der Waals surface area contributed by atoms with Gasteiger partial charge in [0.1, 0.15) is 17.5 Å². The number of allylic oxidation sites excluding steroid dienone is 1. The van der Waals surface area contributed by atoms with Gasteiger partial charge in [-0.1, -0.05) is 6.07 Å². The third-order valence-electron chi connectivity index (χ3n) is 4.55. The van der Waals surface area contributed by atoms with E-state index in [0.717, 1.165) is 18.2 Å². The van der Waals surface area contributed by atoms with Gasteiger partial charge in [-0.05, 0) is 56.7 Å². The smallest absolute Gasteiger partial charge is 0.323 e. The van der Waals surface area contributed by atoms with Gasteiger partial charge in [-0.15, -0.1) is 0 Å². The number of anilines is 3. The molecule has 0 saturated heterocycles. The fourth-order valence-corrected chi connectivity index (χ4v) is 2.89. The molecular weight excluding hydrogens is 459 g/mol. The SMILES string of the molecule is CC(C)(C)N/C=C(\C(=N)c1ccnc(N)n1)c1ccc(F)c(NC(=O)Nc2ccc(F)cc2F)c1. The molecule has 0 aliphatic heterocycles. The Bertz CT molecular complexity index is 1300. The van der Waals surface area contributed by atoms with Gasteiger partial charge >= 0.3 is 6.03 Å². The van der Waals surface area contributed by atoms with Crippen molar-refractivity contribution in [1.29, 1.82) is 5.41 Å². The predicted octanol–water partition coefficient (Wildman–Crippen LogP) is 4.92. The Labute approximate surface area is 200 Å². The first-order valence-corrected chi connectivity index (χ1v) is 10.4. The molecule has 6 N–H and O–H groups in total. The van der Waals surface area contributed by atoms with E-state index in [1.807, 2.05) is 20.8 Å². The minimum Gasteiger partial charge on any atom is -0.386 e. The van der Waals surface area contributed by atoms with Crippen LogP contribution in [0.4, 0.5) is 35.3 Å². The molecule has 11 heteroatoms. The number of hydrogen-bond donors (Lipinski definition) is 5. The summed E-state index contributed by atoms with van der Waals surface area (Å²) in [6.07, 6.45) is 3.00. The maximum absolute atomic E-state index is 14.5. The molecule has 2 amide bonds. The first-order valence-electron chi connectivity index (χ1n) is 10.4. The van der Waals surface area contributed by atoms with Crippen LogP contribution in [0.2, 0.25) is 0 Å². The average Bonchev–Trinajstić information content (AvgIpc) is 2.77. The van der Waals surface area contributed by atoms with E-state index < -0.39 is 23.5 Å². The molecule has 0 saturated carbocycles. The number of carbonyl (C=O) groups excluding carboxylic acids is 1. The zero-order valence-electron chi connectivity index (χ0n) is 19.2. The molecular formula is C24H24F3N7O. The first-order chi connectivity index (χ1) is 16.4. The lowest BCUT2D eigenvalue weighted by Crippen LogP contribution is -2.32. The Morgan fingerprint density at radius 3 is 2.37 bits per heavy atom. The fraction of sp³-hybridized carbons (Fsp3) is 0.167. The highest BCUT2D eigenvalue weighted by Crippen LogP contribution is 2.25. The van der Waals surface area contributed by atoms with Crippen LogP contribution in [0, 0.1) is 22.9 Å². The average molecular weight is 483 g/mol. The summed E-state index contributed by atoms with van der Waals surface area (Å²) in [5.41, 5.74) is 5.74. The van der Waals surface area contributed by atoms with Crippen LogP contribution < -0.4 is 21.7 Å². The van der Waals surface area contributed by atoms with Crippen molar-refractivity contribution in [3.8, 4) is 0 Å². The fourth-order valence-electron chi connectivity index (χ4n) is 2.89. The molecule has 8 nitrogen and oxygen atoms in total. The van der Waals surface area contributed by atoms with Crippen LogP contribution in [0.3, 0.4) is 0 Å². The number of urea groups is 1. The minimum absolute atomic E-state index is 0.0125. The highest BCUT2D eigenvalue weighted by atomic mass is 19.1. The summed E-state index contributed by atoms with van der Waals surface area (Å²) in [4.78, 5) is 20.3. The number of rotatable bonds is 6. The molecule has 0 spiro atoms. The minimum atomic E-state index is -0.981. The number of nitrogens with zero attached hydrogens (tertiary/aromatic N) is 2. The van der Waals surface area contributed by atoms with Crippen LogP contribution in [-0.4, -0.2) is 27.2 Å². The quantitative estimate of drug-likeness (QED) is 0.318. The number of benzene rings is 2. The standard InChI is InChI=1S/C24H24F3N7O/c1-24(2,3)31-12-15(21(28)19-8-9-30-22(29)32-19)13-4-6-16(26)20(10-13)34-23(35)33-18-7-5-14(25)11-17(18)27/h4-12,28,31H,1-3H3,(H2,29,30,32)(H2,33,34,35)/b15-12-,28-21?. The second kappa shape index (κ2) is 10.2. The van der Waals surface area contributed by atoms with Crippen molar-refractivity contribution >= 4 is 34.6 Å². The van der Waals surface area contributed by atoms with Crippen LogP contribution in [-0.2, 0) is 0 Å². The molecule has 3 aromatic rings. The molecule has 0 fully saturated rings. The Morgan fingerprint density at radius 2 is 1.71 bits per heavy atom. The lowest BCUT2D eigenvalue weighted by Gasteiger charge is -2.21. The van der Waals surface area contributed by atoms with Gasteiger partial charge in [0.15, 0.2) is 0 Å². The summed E-state index contributed by atoms with van der Waals surface area (Å²) in [6.45, 7) is 5.76. The summed E-state index contributed by atoms with van der Waals surface area (Å²) in [7, 11) is 0. The monoisotopic (exact) mass is 483 g/mol. The third kappa shape index (κ3) is 6.79. The summed E-state index contributed by atoms with van der Waals surface area (Å²) in [5, 5.41) is 16.3. The van der Waals surface area contributed by atoms with E-state index in [9.17, 15) is 18.0 Å². The summed E-state index contributed by atoms with van der Waals surface area (Å²) in [5.74, 6) is -2.56. The maximum atomic E-state index is 14.5. The topological polar surface area (TPSA) is 129 Å². The van der Waals surface area contributed by atoms with E-state index in [2.05, 4.69) is 25.9 Å². The number of nitrogens with two attached hydrogens (primary N) is 1. The van der Waals surface area contributed by atoms with Crippen LogP contribution in [0.25, 0.3) is 5.57 Å². The van der Waals surface area contributed by atoms with Gasteiger partial charge in [-0.3, -0.25) is 5.41 Å². The summed E-state index contributed by atoms with van der Waals surface area (Å²) in [6, 6.07) is 7.09. The van der Waals surface area contributed by atoms with E-state index in [4.69, 9.17) is 11.1 Å². The highest BCUT2D eigenvalue weighted by Gasteiger charge is 2.18.